The van der Waals surface area contributed by atoms with E-state index >= 15 is 0 Å². The monoisotopic (exact) mass is 144 g/mol. The van der Waals surface area contributed by atoms with Crippen LogP contribution in [0.5, 0.6) is 0 Å². The van der Waals surface area contributed by atoms with Gasteiger partial charge in [0.1, 0.15) is 5.76 Å². The lowest BCUT2D eigenvalue weighted by molar-refractivity contribution is 0.0541. The van der Waals surface area contributed by atoms with Gasteiger partial charge in [-0.15, -0.1) is 0 Å². The zero-order chi connectivity index (χ0) is 8.15. The Morgan fingerprint density at radius 3 is 2.30 bits per heavy atom. The largest absolute Gasteiger partial charge is 0.513 e. The Morgan fingerprint density at radius 2 is 2.00 bits per heavy atom. The van der Waals surface area contributed by atoms with E-state index in [9.17, 15) is 4.79 Å². The highest BCUT2D eigenvalue weighted by Gasteiger charge is 2.05. The summed E-state index contributed by atoms with van der Waals surface area (Å²) in [4.78, 5) is 10.6. The minimum atomic E-state index is -0.692. The first-order chi connectivity index (χ1) is 4.52. The molecule has 0 bridgehead atoms. The van der Waals surface area contributed by atoms with Gasteiger partial charge >= 0.3 is 6.16 Å². The number of hydrogen-bond acceptors (Lipinski definition) is 3. The van der Waals surface area contributed by atoms with Crippen molar-refractivity contribution in [2.75, 3.05) is 0 Å². The summed E-state index contributed by atoms with van der Waals surface area (Å²) in [5.41, 5.74) is 0. The van der Waals surface area contributed by atoms with Crippen molar-refractivity contribution in [3.8, 4) is 0 Å². The number of carbonyl (C=O) groups is 1. The van der Waals surface area contributed by atoms with E-state index < -0.39 is 6.16 Å². The van der Waals surface area contributed by atoms with Crippen molar-refractivity contribution in [3.63, 3.8) is 0 Å². The van der Waals surface area contributed by atoms with Crippen LogP contribution < -0.4 is 0 Å². The van der Waals surface area contributed by atoms with Crippen molar-refractivity contribution < 1.29 is 14.3 Å². The van der Waals surface area contributed by atoms with Gasteiger partial charge in [-0.3, -0.25) is 0 Å². The molecule has 58 valence electrons. The second kappa shape index (κ2) is 3.93. The third-order valence-corrected chi connectivity index (χ3v) is 0.589. The van der Waals surface area contributed by atoms with Crippen molar-refractivity contribution in [3.05, 3.63) is 12.3 Å². The second-order valence-corrected chi connectivity index (χ2v) is 2.22. The Bertz CT molecular complexity index is 138. The van der Waals surface area contributed by atoms with Crippen LogP contribution in [0.1, 0.15) is 20.8 Å². The van der Waals surface area contributed by atoms with Crippen LogP contribution in [0.15, 0.2) is 12.3 Å². The lowest BCUT2D eigenvalue weighted by Gasteiger charge is -2.06. The average molecular weight is 144 g/mol. The summed E-state index contributed by atoms with van der Waals surface area (Å²) in [6, 6.07) is 0. The molecule has 3 nitrogen and oxygen atoms in total. The zero-order valence-electron chi connectivity index (χ0n) is 6.51. The Kier molecular flexibility index (Phi) is 3.54. The highest BCUT2D eigenvalue weighted by Crippen LogP contribution is 1.97. The molecule has 0 aromatic rings. The van der Waals surface area contributed by atoms with Crippen LogP contribution in [0.3, 0.4) is 0 Å². The molecule has 0 atom stereocenters. The molecule has 0 unspecified atom stereocenters. The number of rotatable bonds is 2. The molecule has 0 aromatic heterocycles. The molecular weight excluding hydrogens is 132 g/mol. The van der Waals surface area contributed by atoms with Gasteiger partial charge in [0.2, 0.25) is 0 Å². The van der Waals surface area contributed by atoms with E-state index in [-0.39, 0.29) is 6.10 Å². The highest BCUT2D eigenvalue weighted by molar-refractivity contribution is 5.61. The van der Waals surface area contributed by atoms with Gasteiger partial charge in [0, 0.05) is 0 Å². The Labute approximate surface area is 60.6 Å². The van der Waals surface area contributed by atoms with Crippen molar-refractivity contribution in [2.45, 2.75) is 26.9 Å². The van der Waals surface area contributed by atoms with Crippen LogP contribution in [-0.2, 0) is 9.47 Å². The second-order valence-electron chi connectivity index (χ2n) is 2.22. The van der Waals surface area contributed by atoms with Crippen molar-refractivity contribution in [2.24, 2.45) is 0 Å². The smallest absolute Gasteiger partial charge is 0.431 e. The van der Waals surface area contributed by atoms with E-state index in [4.69, 9.17) is 0 Å². The molecule has 0 radical (unpaired) electrons. The molecular formula is C7H12O3. The molecule has 0 saturated heterocycles. The minimum Gasteiger partial charge on any atom is -0.431 e. The van der Waals surface area contributed by atoms with Gasteiger partial charge in [-0.25, -0.2) is 4.79 Å². The van der Waals surface area contributed by atoms with Gasteiger partial charge in [-0.05, 0) is 20.8 Å². The third kappa shape index (κ3) is 5.15. The van der Waals surface area contributed by atoms with Crippen LogP contribution in [0, 0.1) is 0 Å². The zero-order valence-corrected chi connectivity index (χ0v) is 6.51. The standard InChI is InChI=1S/C7H12O3/c1-5(2)9-7(8)10-6(3)4/h6H,1H2,2-4H3. The predicted octanol–water partition coefficient (Wildman–Crippen LogP) is 2.08. The van der Waals surface area contributed by atoms with Crippen LogP contribution in [0.4, 0.5) is 4.79 Å². The topological polar surface area (TPSA) is 35.5 Å². The van der Waals surface area contributed by atoms with Crippen LogP contribution in [-0.4, -0.2) is 12.3 Å². The molecule has 0 rings (SSSR count). The third-order valence-electron chi connectivity index (χ3n) is 0.589. The van der Waals surface area contributed by atoms with Gasteiger partial charge in [-0.2, -0.15) is 0 Å². The molecule has 0 spiro atoms. The lowest BCUT2D eigenvalue weighted by Crippen LogP contribution is -2.11. The molecule has 0 aromatic carbocycles. The summed E-state index contributed by atoms with van der Waals surface area (Å²) >= 11 is 0. The molecule has 0 aliphatic carbocycles. The van der Waals surface area contributed by atoms with Gasteiger partial charge in [0.05, 0.1) is 6.10 Å². The Hall–Kier alpha value is -0.990. The maximum Gasteiger partial charge on any atom is 0.513 e. The molecule has 0 aliphatic heterocycles. The number of carbonyl (C=O) groups excluding carboxylic acids is 1. The van der Waals surface area contributed by atoms with Crippen molar-refractivity contribution in [1.82, 2.24) is 0 Å². The molecule has 0 aliphatic rings. The molecule has 0 saturated carbocycles. The predicted molar refractivity (Wildman–Crippen MR) is 37.5 cm³/mol. The molecule has 0 amide bonds. The summed E-state index contributed by atoms with van der Waals surface area (Å²) in [6.07, 6.45) is -0.839. The Morgan fingerprint density at radius 1 is 1.50 bits per heavy atom. The quantitative estimate of drug-likeness (QED) is 0.439. The van der Waals surface area contributed by atoms with E-state index in [1.807, 2.05) is 0 Å². The number of hydrogen-bond donors (Lipinski definition) is 0. The van der Waals surface area contributed by atoms with E-state index in [2.05, 4.69) is 16.1 Å². The average Bonchev–Trinajstić information content (AvgIpc) is 1.58. The van der Waals surface area contributed by atoms with Crippen LogP contribution in [0.2, 0.25) is 0 Å². The number of allylic oxidation sites excluding steroid dienone is 1. The fraction of sp³-hybridized carbons (Fsp3) is 0.571. The van der Waals surface area contributed by atoms with Gasteiger partial charge in [-0.1, -0.05) is 6.58 Å². The van der Waals surface area contributed by atoms with Gasteiger partial charge in [0.15, 0.2) is 0 Å². The first-order valence-corrected chi connectivity index (χ1v) is 3.06. The molecule has 3 heteroatoms. The summed E-state index contributed by atoms with van der Waals surface area (Å²) in [6.45, 7) is 8.46. The van der Waals surface area contributed by atoms with E-state index in [0.717, 1.165) is 0 Å². The van der Waals surface area contributed by atoms with E-state index in [1.165, 1.54) is 0 Å². The SMILES string of the molecule is C=C(C)OC(=O)OC(C)C. The maximum atomic E-state index is 10.6. The first-order valence-electron chi connectivity index (χ1n) is 3.06. The summed E-state index contributed by atoms with van der Waals surface area (Å²) in [5.74, 6) is 0.339. The molecule has 0 heterocycles. The summed E-state index contributed by atoms with van der Waals surface area (Å²) < 4.78 is 9.14. The fourth-order valence-electron chi connectivity index (χ4n) is 0.359. The van der Waals surface area contributed by atoms with Crippen LogP contribution >= 0.6 is 0 Å². The first kappa shape index (κ1) is 9.01. The van der Waals surface area contributed by atoms with Gasteiger partial charge in [0.25, 0.3) is 0 Å². The Balaban J connectivity index is 3.54. The maximum absolute atomic E-state index is 10.6. The lowest BCUT2D eigenvalue weighted by atomic mass is 10.5. The highest BCUT2D eigenvalue weighted by atomic mass is 16.7. The number of ether oxygens (including phenoxy) is 2. The summed E-state index contributed by atoms with van der Waals surface area (Å²) in [5, 5.41) is 0. The molecule has 0 N–H and O–H groups in total. The minimum absolute atomic E-state index is 0.146. The molecule has 0 fully saturated rings. The van der Waals surface area contributed by atoms with Gasteiger partial charge < -0.3 is 9.47 Å². The summed E-state index contributed by atoms with van der Waals surface area (Å²) in [7, 11) is 0. The van der Waals surface area contributed by atoms with E-state index in [0.29, 0.717) is 5.76 Å². The fourth-order valence-corrected chi connectivity index (χ4v) is 0.359. The molecule has 10 heavy (non-hydrogen) atoms. The van der Waals surface area contributed by atoms with E-state index in [1.54, 1.807) is 20.8 Å². The van der Waals surface area contributed by atoms with Crippen molar-refractivity contribution >= 4 is 6.16 Å². The normalized spacial score (nSPS) is 9.20. The van der Waals surface area contributed by atoms with Crippen molar-refractivity contribution in [1.29, 1.82) is 0 Å². The van der Waals surface area contributed by atoms with Crippen LogP contribution in [0.25, 0.3) is 0 Å².